The molecule has 3 aromatic carbocycles. The smallest absolute Gasteiger partial charge is 0.270 e. The first-order chi connectivity index (χ1) is 16.3. The second-order valence-corrected chi connectivity index (χ2v) is 9.85. The predicted octanol–water partition coefficient (Wildman–Crippen LogP) is 6.73. The highest BCUT2D eigenvalue weighted by Gasteiger charge is 2.33. The van der Waals surface area contributed by atoms with Crippen LogP contribution in [-0.4, -0.2) is 22.7 Å². The number of nitrogens with zero attached hydrogens (tertiary/aromatic N) is 1. The summed E-state index contributed by atoms with van der Waals surface area (Å²) in [6.45, 7) is 1.75. The van der Waals surface area contributed by atoms with E-state index in [0.717, 1.165) is 11.3 Å². The first-order valence-electron chi connectivity index (χ1n) is 10.1. The minimum absolute atomic E-state index is 0.188. The van der Waals surface area contributed by atoms with E-state index < -0.39 is 0 Å². The van der Waals surface area contributed by atoms with Crippen LogP contribution in [0.3, 0.4) is 0 Å². The quantitative estimate of drug-likeness (QED) is 0.284. The summed E-state index contributed by atoms with van der Waals surface area (Å²) in [7, 11) is 0. The molecule has 0 saturated carbocycles. The van der Waals surface area contributed by atoms with Crippen molar-refractivity contribution in [2.75, 3.05) is 16.8 Å². The number of anilines is 2. The molecule has 0 unspecified atom stereocenters. The molecule has 1 aliphatic rings. The van der Waals surface area contributed by atoms with E-state index in [2.05, 4.69) is 5.32 Å². The lowest BCUT2D eigenvalue weighted by molar-refractivity contribution is -0.118. The van der Waals surface area contributed by atoms with Gasteiger partial charge < -0.3 is 10.1 Å². The van der Waals surface area contributed by atoms with E-state index >= 15 is 0 Å². The van der Waals surface area contributed by atoms with E-state index in [-0.39, 0.29) is 18.4 Å². The lowest BCUT2D eigenvalue weighted by Gasteiger charge is -2.14. The molecule has 9 heteroatoms. The number of carbonyl (C=O) groups excluding carboxylic acids is 2. The van der Waals surface area contributed by atoms with Crippen molar-refractivity contribution in [1.82, 2.24) is 0 Å². The van der Waals surface area contributed by atoms with Crippen molar-refractivity contribution >= 4 is 80.8 Å². The molecule has 2 amide bonds. The Morgan fingerprint density at radius 2 is 1.82 bits per heavy atom. The van der Waals surface area contributed by atoms with Gasteiger partial charge in [0, 0.05) is 0 Å². The molecule has 4 rings (SSSR count). The molecule has 0 radical (unpaired) electrons. The lowest BCUT2D eigenvalue weighted by Crippen LogP contribution is -2.27. The highest BCUT2D eigenvalue weighted by atomic mass is 35.5. The fraction of sp³-hybridized carbons (Fsp3) is 0.0800. The largest absolute Gasteiger partial charge is 0.482 e. The second kappa shape index (κ2) is 10.6. The number of para-hydroxylation sites is 1. The number of halogens is 2. The molecule has 3 aromatic rings. The fourth-order valence-corrected chi connectivity index (χ4v) is 4.88. The maximum absolute atomic E-state index is 12.9. The number of amides is 2. The van der Waals surface area contributed by atoms with Crippen LogP contribution in [0.2, 0.25) is 10.0 Å². The Labute approximate surface area is 216 Å². The van der Waals surface area contributed by atoms with Crippen LogP contribution in [0, 0.1) is 6.92 Å². The molecule has 1 aliphatic heterocycles. The summed E-state index contributed by atoms with van der Waals surface area (Å²) in [4.78, 5) is 27.1. The second-order valence-electron chi connectivity index (χ2n) is 7.36. The number of benzene rings is 3. The number of hydrogen-bond donors (Lipinski definition) is 1. The van der Waals surface area contributed by atoms with Crippen molar-refractivity contribution in [2.24, 2.45) is 0 Å². The third kappa shape index (κ3) is 5.62. The number of thiocarbonyl (C=S) groups is 1. The molecule has 0 aliphatic carbocycles. The van der Waals surface area contributed by atoms with Gasteiger partial charge in [0.25, 0.3) is 11.8 Å². The number of hydrogen-bond acceptors (Lipinski definition) is 5. The van der Waals surface area contributed by atoms with Crippen LogP contribution in [-0.2, 0) is 9.59 Å². The number of rotatable bonds is 6. The predicted molar refractivity (Wildman–Crippen MR) is 144 cm³/mol. The van der Waals surface area contributed by atoms with E-state index in [4.69, 9.17) is 40.2 Å². The average molecular weight is 529 g/mol. The van der Waals surface area contributed by atoms with Crippen LogP contribution < -0.4 is 15.0 Å². The van der Waals surface area contributed by atoms with E-state index in [0.29, 0.717) is 36.3 Å². The molecule has 5 nitrogen and oxygen atoms in total. The van der Waals surface area contributed by atoms with Gasteiger partial charge in [-0.1, -0.05) is 83.1 Å². The first-order valence-corrected chi connectivity index (χ1v) is 12.1. The maximum Gasteiger partial charge on any atom is 0.270 e. The third-order valence-electron chi connectivity index (χ3n) is 4.85. The van der Waals surface area contributed by atoms with Gasteiger partial charge in [-0.2, -0.15) is 0 Å². The Hall–Kier alpha value is -2.84. The number of thioether (sulfide) groups is 1. The van der Waals surface area contributed by atoms with E-state index in [1.165, 1.54) is 16.7 Å². The zero-order chi connectivity index (χ0) is 24.2. The molecule has 1 saturated heterocycles. The Morgan fingerprint density at radius 1 is 1.09 bits per heavy atom. The molecule has 0 atom stereocenters. The van der Waals surface area contributed by atoms with Crippen LogP contribution in [0.4, 0.5) is 11.4 Å². The zero-order valence-corrected chi connectivity index (χ0v) is 21.0. The van der Waals surface area contributed by atoms with Gasteiger partial charge in [0.2, 0.25) is 0 Å². The Kier molecular flexibility index (Phi) is 7.58. The minimum atomic E-state index is -0.368. The van der Waals surface area contributed by atoms with Crippen molar-refractivity contribution in [3.05, 3.63) is 92.8 Å². The molecular weight excluding hydrogens is 511 g/mol. The van der Waals surface area contributed by atoms with Crippen molar-refractivity contribution in [3.63, 3.8) is 0 Å². The van der Waals surface area contributed by atoms with Gasteiger partial charge >= 0.3 is 0 Å². The summed E-state index contributed by atoms with van der Waals surface area (Å²) in [5.74, 6) is -0.208. The molecule has 0 aromatic heterocycles. The average Bonchev–Trinajstić information content (AvgIpc) is 3.08. The Morgan fingerprint density at radius 3 is 2.53 bits per heavy atom. The van der Waals surface area contributed by atoms with Gasteiger partial charge in [0.15, 0.2) is 10.9 Å². The van der Waals surface area contributed by atoms with E-state index in [1.807, 2.05) is 31.2 Å². The molecule has 1 heterocycles. The number of nitrogens with one attached hydrogen (secondary N) is 1. The molecule has 0 spiro atoms. The molecule has 34 heavy (non-hydrogen) atoms. The summed E-state index contributed by atoms with van der Waals surface area (Å²) in [6.07, 6.45) is 1.73. The standard InChI is InChI=1S/C25H18Cl2N2O3S2/c1-15-6-9-17(10-7-15)29-24(31)22(34-25(29)33)13-16-8-11-21(19(27)12-16)32-14-23(30)28-20-5-3-2-4-18(20)26/h2-13H,14H2,1H3,(H,28,30)/b22-13-. The van der Waals surface area contributed by atoms with Crippen molar-refractivity contribution in [1.29, 1.82) is 0 Å². The van der Waals surface area contributed by atoms with Crippen molar-refractivity contribution < 1.29 is 14.3 Å². The topological polar surface area (TPSA) is 58.6 Å². The highest BCUT2D eigenvalue weighted by Crippen LogP contribution is 2.37. The van der Waals surface area contributed by atoms with Crippen LogP contribution in [0.5, 0.6) is 5.75 Å². The van der Waals surface area contributed by atoms with Crippen LogP contribution in [0.1, 0.15) is 11.1 Å². The van der Waals surface area contributed by atoms with Gasteiger partial charge in [-0.15, -0.1) is 0 Å². The van der Waals surface area contributed by atoms with E-state index in [9.17, 15) is 9.59 Å². The van der Waals surface area contributed by atoms with Gasteiger partial charge in [-0.05, 0) is 55.0 Å². The third-order valence-corrected chi connectivity index (χ3v) is 6.77. The Balaban J connectivity index is 1.42. The number of aryl methyl sites for hydroxylation is 1. The summed E-state index contributed by atoms with van der Waals surface area (Å²) in [5.41, 5.74) is 3.04. The maximum atomic E-state index is 12.9. The van der Waals surface area contributed by atoms with Crippen LogP contribution >= 0.6 is 47.2 Å². The summed E-state index contributed by atoms with van der Waals surface area (Å²) in [5, 5.41) is 3.43. The van der Waals surface area contributed by atoms with Gasteiger partial charge in [-0.25, -0.2) is 0 Å². The molecule has 1 N–H and O–H groups in total. The van der Waals surface area contributed by atoms with Crippen LogP contribution in [0.25, 0.3) is 6.08 Å². The van der Waals surface area contributed by atoms with Gasteiger partial charge in [0.1, 0.15) is 5.75 Å². The highest BCUT2D eigenvalue weighted by molar-refractivity contribution is 8.27. The van der Waals surface area contributed by atoms with Crippen LogP contribution in [0.15, 0.2) is 71.6 Å². The van der Waals surface area contributed by atoms with Crippen molar-refractivity contribution in [2.45, 2.75) is 6.92 Å². The van der Waals surface area contributed by atoms with Crippen molar-refractivity contribution in [3.8, 4) is 5.75 Å². The number of carbonyl (C=O) groups is 2. The summed E-state index contributed by atoms with van der Waals surface area (Å²) in [6, 6.07) is 19.6. The monoisotopic (exact) mass is 528 g/mol. The lowest BCUT2D eigenvalue weighted by atomic mass is 10.2. The van der Waals surface area contributed by atoms with E-state index in [1.54, 1.807) is 48.5 Å². The minimum Gasteiger partial charge on any atom is -0.482 e. The van der Waals surface area contributed by atoms with Gasteiger partial charge in [0.05, 0.1) is 26.3 Å². The van der Waals surface area contributed by atoms with Gasteiger partial charge in [-0.3, -0.25) is 14.5 Å². The molecule has 0 bridgehead atoms. The summed E-state index contributed by atoms with van der Waals surface area (Å²) >= 11 is 19.1. The fourth-order valence-electron chi connectivity index (χ4n) is 3.15. The molecular formula is C25H18Cl2N2O3S2. The Bertz CT molecular complexity index is 1310. The molecule has 172 valence electrons. The zero-order valence-electron chi connectivity index (χ0n) is 17.9. The normalized spacial score (nSPS) is 14.6. The number of ether oxygens (including phenoxy) is 1. The SMILES string of the molecule is Cc1ccc(N2C(=O)/C(=C/c3ccc(OCC(=O)Nc4ccccc4Cl)c(Cl)c3)SC2=S)cc1. The molecule has 1 fully saturated rings. The summed E-state index contributed by atoms with van der Waals surface area (Å²) < 4.78 is 6.02. The first kappa shape index (κ1) is 24.3.